The van der Waals surface area contributed by atoms with Crippen molar-refractivity contribution in [3.63, 3.8) is 0 Å². The minimum absolute atomic E-state index is 0.164. The molecule has 3 heterocycles. The molecule has 1 amide bonds. The summed E-state index contributed by atoms with van der Waals surface area (Å²) in [6.07, 6.45) is 8.89. The minimum Gasteiger partial charge on any atom is -0.342 e. The third-order valence-corrected chi connectivity index (χ3v) is 6.35. The number of amides is 1. The quantitative estimate of drug-likeness (QED) is 0.620. The maximum absolute atomic E-state index is 12.7. The van der Waals surface area contributed by atoms with Crippen molar-refractivity contribution < 1.29 is 4.79 Å². The Kier molecular flexibility index (Phi) is 5.47. The average molecular weight is 397 g/mol. The van der Waals surface area contributed by atoms with Crippen molar-refractivity contribution in [1.82, 2.24) is 29.2 Å². The van der Waals surface area contributed by atoms with E-state index in [1.54, 1.807) is 18.9 Å². The topological polar surface area (TPSA) is 68.8 Å². The van der Waals surface area contributed by atoms with Crippen LogP contribution in [0.25, 0.3) is 5.69 Å². The highest BCUT2D eigenvalue weighted by molar-refractivity contribution is 7.99. The first-order valence-electron chi connectivity index (χ1n) is 9.48. The number of aromatic nitrogens is 5. The van der Waals surface area contributed by atoms with Gasteiger partial charge in [0.25, 0.3) is 0 Å². The first-order valence-corrected chi connectivity index (χ1v) is 10.5. The van der Waals surface area contributed by atoms with Gasteiger partial charge in [-0.05, 0) is 43.9 Å². The average Bonchev–Trinajstić information content (AvgIpc) is 3.40. The van der Waals surface area contributed by atoms with Crippen molar-refractivity contribution in [3.8, 4) is 5.69 Å². The summed E-state index contributed by atoms with van der Waals surface area (Å²) in [4.78, 5) is 23.1. The van der Waals surface area contributed by atoms with Gasteiger partial charge < -0.3 is 4.90 Å². The fourth-order valence-corrected chi connectivity index (χ4v) is 4.45. The number of piperidine rings is 1. The second-order valence-corrected chi connectivity index (χ2v) is 8.02. The van der Waals surface area contributed by atoms with Gasteiger partial charge in [-0.25, -0.2) is 14.6 Å². The maximum Gasteiger partial charge on any atom is 0.233 e. The predicted molar refractivity (Wildman–Crippen MR) is 109 cm³/mol. The Morgan fingerprint density at radius 3 is 2.82 bits per heavy atom. The third kappa shape index (κ3) is 3.82. The molecule has 0 saturated carbocycles. The number of hydrogen-bond acceptors (Lipinski definition) is 5. The molecule has 146 valence electrons. The molecule has 0 unspecified atom stereocenters. The second kappa shape index (κ2) is 8.18. The summed E-state index contributed by atoms with van der Waals surface area (Å²) < 4.78 is 3.97. The highest BCUT2D eigenvalue weighted by Crippen LogP contribution is 2.26. The molecule has 0 spiro atoms. The van der Waals surface area contributed by atoms with Crippen LogP contribution >= 0.6 is 11.8 Å². The molecule has 28 heavy (non-hydrogen) atoms. The minimum atomic E-state index is 0.164. The number of carbonyl (C=O) groups excluding carboxylic acids is 1. The zero-order valence-electron chi connectivity index (χ0n) is 16.2. The first-order chi connectivity index (χ1) is 13.6. The van der Waals surface area contributed by atoms with Gasteiger partial charge in [0, 0.05) is 25.5 Å². The lowest BCUT2D eigenvalue weighted by Gasteiger charge is -2.31. The van der Waals surface area contributed by atoms with E-state index in [2.05, 4.69) is 51.7 Å². The van der Waals surface area contributed by atoms with Crippen LogP contribution in [-0.2, 0) is 4.79 Å². The Morgan fingerprint density at radius 2 is 2.07 bits per heavy atom. The van der Waals surface area contributed by atoms with E-state index in [4.69, 9.17) is 0 Å². The summed E-state index contributed by atoms with van der Waals surface area (Å²) in [6, 6.07) is 6.58. The van der Waals surface area contributed by atoms with E-state index >= 15 is 0 Å². The highest BCUT2D eigenvalue weighted by atomic mass is 32.2. The predicted octanol–water partition coefficient (Wildman–Crippen LogP) is 3.04. The standard InChI is InChI=1S/C20H24N6OS/c1-15-4-3-5-18(16(15)2)25-11-8-22-20(25)28-12-19(27)24-9-6-17(7-10-24)26-14-21-13-23-26/h3-5,8,11,13-14,17H,6-7,9-10,12H2,1-2H3. The van der Waals surface area contributed by atoms with Gasteiger partial charge in [-0.3, -0.25) is 9.36 Å². The number of thioether (sulfide) groups is 1. The van der Waals surface area contributed by atoms with E-state index < -0.39 is 0 Å². The zero-order chi connectivity index (χ0) is 19.5. The van der Waals surface area contributed by atoms with Gasteiger partial charge in [0.2, 0.25) is 5.91 Å². The van der Waals surface area contributed by atoms with Crippen LogP contribution in [0.15, 0.2) is 48.4 Å². The fourth-order valence-electron chi connectivity index (χ4n) is 3.58. The zero-order valence-corrected chi connectivity index (χ0v) is 17.0. The van der Waals surface area contributed by atoms with Crippen molar-refractivity contribution in [2.75, 3.05) is 18.8 Å². The normalized spacial score (nSPS) is 15.1. The molecule has 1 aliphatic rings. The van der Waals surface area contributed by atoms with E-state index in [-0.39, 0.29) is 5.91 Å². The van der Waals surface area contributed by atoms with Crippen LogP contribution in [0.2, 0.25) is 0 Å². The molecule has 0 aliphatic carbocycles. The molecule has 1 saturated heterocycles. The third-order valence-electron chi connectivity index (χ3n) is 5.40. The van der Waals surface area contributed by atoms with Gasteiger partial charge >= 0.3 is 0 Å². The van der Waals surface area contributed by atoms with Crippen LogP contribution < -0.4 is 0 Å². The van der Waals surface area contributed by atoms with Crippen LogP contribution in [0.4, 0.5) is 0 Å². The summed E-state index contributed by atoms with van der Waals surface area (Å²) in [5.41, 5.74) is 3.58. The van der Waals surface area contributed by atoms with Crippen LogP contribution in [0.1, 0.15) is 30.0 Å². The summed E-state index contributed by atoms with van der Waals surface area (Å²) in [6.45, 7) is 5.74. The molecular weight excluding hydrogens is 372 g/mol. The van der Waals surface area contributed by atoms with Gasteiger partial charge in [0.05, 0.1) is 17.5 Å². The van der Waals surface area contributed by atoms with Gasteiger partial charge in [-0.2, -0.15) is 5.10 Å². The molecule has 0 N–H and O–H groups in total. The number of benzene rings is 1. The molecule has 0 atom stereocenters. The Balaban J connectivity index is 1.36. The van der Waals surface area contributed by atoms with Crippen molar-refractivity contribution in [3.05, 3.63) is 54.4 Å². The number of nitrogens with zero attached hydrogens (tertiary/aromatic N) is 6. The molecule has 0 bridgehead atoms. The smallest absolute Gasteiger partial charge is 0.233 e. The molecule has 1 fully saturated rings. The number of likely N-dealkylation sites (tertiary alicyclic amines) is 1. The lowest BCUT2D eigenvalue weighted by Crippen LogP contribution is -2.40. The molecular formula is C20H24N6OS. The number of aryl methyl sites for hydroxylation is 1. The molecule has 1 aromatic carbocycles. The van der Waals surface area contributed by atoms with E-state index in [0.29, 0.717) is 11.8 Å². The molecule has 2 aromatic heterocycles. The molecule has 0 radical (unpaired) electrons. The number of imidazole rings is 1. The van der Waals surface area contributed by atoms with E-state index in [0.717, 1.165) is 36.8 Å². The van der Waals surface area contributed by atoms with E-state index in [9.17, 15) is 4.79 Å². The summed E-state index contributed by atoms with van der Waals surface area (Å²) in [5, 5.41) is 5.07. The van der Waals surface area contributed by atoms with Crippen molar-refractivity contribution in [2.24, 2.45) is 0 Å². The lowest BCUT2D eigenvalue weighted by atomic mass is 10.1. The monoisotopic (exact) mass is 396 g/mol. The van der Waals surface area contributed by atoms with E-state index in [1.165, 1.54) is 22.9 Å². The summed E-state index contributed by atoms with van der Waals surface area (Å²) >= 11 is 1.50. The Hall–Kier alpha value is -2.61. The highest BCUT2D eigenvalue weighted by Gasteiger charge is 2.24. The number of rotatable bonds is 5. The van der Waals surface area contributed by atoms with Crippen LogP contribution in [0.3, 0.4) is 0 Å². The molecule has 8 heteroatoms. The molecule has 3 aromatic rings. The van der Waals surface area contributed by atoms with Gasteiger partial charge in [-0.15, -0.1) is 0 Å². The van der Waals surface area contributed by atoms with Crippen LogP contribution in [0.5, 0.6) is 0 Å². The Labute approximate surface area is 168 Å². The lowest BCUT2D eigenvalue weighted by molar-refractivity contribution is -0.129. The first kappa shape index (κ1) is 18.7. The summed E-state index contributed by atoms with van der Waals surface area (Å²) in [7, 11) is 0. The molecule has 7 nitrogen and oxygen atoms in total. The Morgan fingerprint density at radius 1 is 1.25 bits per heavy atom. The van der Waals surface area contributed by atoms with Crippen LogP contribution in [-0.4, -0.2) is 54.0 Å². The fraction of sp³-hybridized carbons (Fsp3) is 0.400. The van der Waals surface area contributed by atoms with E-state index in [1.807, 2.05) is 15.8 Å². The van der Waals surface area contributed by atoms with Gasteiger partial charge in [0.15, 0.2) is 5.16 Å². The van der Waals surface area contributed by atoms with Crippen LogP contribution in [0, 0.1) is 13.8 Å². The number of carbonyl (C=O) groups is 1. The van der Waals surface area contributed by atoms with Crippen molar-refractivity contribution in [1.29, 1.82) is 0 Å². The Bertz CT molecular complexity index is 944. The second-order valence-electron chi connectivity index (χ2n) is 7.07. The number of hydrogen-bond donors (Lipinski definition) is 0. The van der Waals surface area contributed by atoms with Crippen molar-refractivity contribution >= 4 is 17.7 Å². The maximum atomic E-state index is 12.7. The van der Waals surface area contributed by atoms with Gasteiger partial charge in [0.1, 0.15) is 12.7 Å². The molecule has 4 rings (SSSR count). The van der Waals surface area contributed by atoms with Gasteiger partial charge in [-0.1, -0.05) is 23.9 Å². The van der Waals surface area contributed by atoms with Crippen molar-refractivity contribution in [2.45, 2.75) is 37.9 Å². The SMILES string of the molecule is Cc1cccc(-n2ccnc2SCC(=O)N2CCC(n3cncn3)CC2)c1C. The largest absolute Gasteiger partial charge is 0.342 e. The molecule has 1 aliphatic heterocycles. The summed E-state index contributed by atoms with van der Waals surface area (Å²) in [5.74, 6) is 0.563.